The van der Waals surface area contributed by atoms with Gasteiger partial charge in [0, 0.05) is 114 Å². The van der Waals surface area contributed by atoms with Gasteiger partial charge < -0.3 is 40.2 Å². The number of unbranched alkanes of at least 4 members (excludes halogenated alkanes) is 2. The number of para-hydroxylation sites is 4. The van der Waals surface area contributed by atoms with E-state index in [0.717, 1.165) is 19.3 Å². The van der Waals surface area contributed by atoms with Gasteiger partial charge in [0.1, 0.15) is 40.3 Å². The van der Waals surface area contributed by atoms with Gasteiger partial charge in [-0.1, -0.05) is 146 Å². The van der Waals surface area contributed by atoms with Gasteiger partial charge in [-0.2, -0.15) is 0 Å². The fourth-order valence-electron chi connectivity index (χ4n) is 11.1. The largest absolute Gasteiger partial charge is 0.495 e. The Hall–Kier alpha value is -6.48. The molecule has 0 aromatic heterocycles. The molecular formula is C63H74N10O12S8. The molecule has 1 unspecified atom stereocenters. The summed E-state index contributed by atoms with van der Waals surface area (Å²) in [4.78, 5) is 122. The standard InChI is InChI=1S/C63H74N10O12S8/c1-6-7-8-13-39(69(28-24-66-54(76)42-16-11-20-46(50(42)84-4)58(80)72-32-36-92-62(72)88)29-25-67-55(77)43-17-12-21-47(51(43)85-5)59(81)73-33-37-93-63(73)89)38-68(26-22-64-52(74)40-14-9-18-44(48(40)82-2)56(78)70-30-34-90-60(70)86)27-23-65-53(75)41-15-10-19-45(49(41)83-3)57(79)71-31-35-91-61(71)87/h9-12,14-21,39H,6-8,13,22-38H2,1-5H3,(H,64,74)(H,65,75)(H,66,76)(H,67,77). The zero-order valence-corrected chi connectivity index (χ0v) is 58.7. The van der Waals surface area contributed by atoms with Gasteiger partial charge in [-0.15, -0.1) is 0 Å². The van der Waals surface area contributed by atoms with Crippen LogP contribution in [0.5, 0.6) is 23.0 Å². The zero-order chi connectivity index (χ0) is 66.7. The molecule has 4 aromatic rings. The third kappa shape index (κ3) is 17.9. The topological polar surface area (TPSA) is 241 Å². The smallest absolute Gasteiger partial charge is 0.263 e. The zero-order valence-electron chi connectivity index (χ0n) is 52.2. The molecule has 30 heteroatoms. The maximum Gasteiger partial charge on any atom is 0.263 e. The lowest BCUT2D eigenvalue weighted by molar-refractivity contribution is 0.0847. The number of carbonyl (C=O) groups is 8. The lowest BCUT2D eigenvalue weighted by Crippen LogP contribution is -2.51. The van der Waals surface area contributed by atoms with Crippen LogP contribution >= 0.6 is 95.9 Å². The lowest BCUT2D eigenvalue weighted by atomic mass is 10.0. The summed E-state index contributed by atoms with van der Waals surface area (Å²) in [7, 11) is 5.59. The van der Waals surface area contributed by atoms with E-state index in [1.807, 2.05) is 0 Å². The van der Waals surface area contributed by atoms with Crippen LogP contribution in [0.15, 0.2) is 72.8 Å². The van der Waals surface area contributed by atoms with Gasteiger partial charge in [-0.25, -0.2) is 0 Å². The van der Waals surface area contributed by atoms with Gasteiger partial charge in [0.15, 0.2) is 0 Å². The number of nitrogens with one attached hydrogen (secondary N) is 4. The molecule has 4 N–H and O–H groups in total. The van der Waals surface area contributed by atoms with E-state index in [1.54, 1.807) is 72.8 Å². The van der Waals surface area contributed by atoms with E-state index in [4.69, 9.17) is 67.8 Å². The number of hydrogen-bond donors (Lipinski definition) is 4. The fraction of sp³-hybridized carbons (Fsp3) is 0.429. The number of thiocarbonyl (C=S) groups is 4. The monoisotopic (exact) mass is 1420 g/mol. The molecule has 4 aliphatic heterocycles. The summed E-state index contributed by atoms with van der Waals surface area (Å²) in [6, 6.07) is 18.9. The first-order chi connectivity index (χ1) is 45.0. The minimum Gasteiger partial charge on any atom is -0.495 e. The highest BCUT2D eigenvalue weighted by Crippen LogP contribution is 2.33. The van der Waals surface area contributed by atoms with Crippen molar-refractivity contribution in [3.63, 3.8) is 0 Å². The first-order valence-corrected chi connectivity index (χ1v) is 35.8. The van der Waals surface area contributed by atoms with E-state index < -0.39 is 23.6 Å². The summed E-state index contributed by atoms with van der Waals surface area (Å²) in [6.07, 6.45) is 3.21. The van der Waals surface area contributed by atoms with Gasteiger partial charge in [-0.05, 0) is 55.0 Å². The first kappa shape index (κ1) is 72.4. The third-order valence-electron chi connectivity index (χ3n) is 15.7. The predicted octanol–water partition coefficient (Wildman–Crippen LogP) is 7.19. The van der Waals surface area contributed by atoms with Gasteiger partial charge >= 0.3 is 0 Å². The molecule has 496 valence electrons. The SMILES string of the molecule is CCCCCC(CN(CCNC(=O)c1cccc(C(=O)N2CCSC2=S)c1OC)CCNC(=O)c1cccc(C(=O)N2CCSC2=S)c1OC)N(CCNC(=O)c1cccc(C(=O)N2CCSC2=S)c1OC)CCNC(=O)c1cccc(C(=O)N2CCSC2=S)c1OC. The number of ether oxygens (including phenoxy) is 4. The minimum atomic E-state index is -0.495. The Kier molecular flexibility index (Phi) is 27.5. The van der Waals surface area contributed by atoms with Crippen LogP contribution in [0.4, 0.5) is 0 Å². The Morgan fingerprint density at radius 1 is 0.430 bits per heavy atom. The van der Waals surface area contributed by atoms with Crippen LogP contribution in [-0.2, 0) is 0 Å². The minimum absolute atomic E-state index is 0.0982. The van der Waals surface area contributed by atoms with E-state index >= 15 is 0 Å². The van der Waals surface area contributed by atoms with Crippen molar-refractivity contribution in [2.45, 2.75) is 38.6 Å². The number of rotatable bonds is 31. The Morgan fingerprint density at radius 2 is 0.699 bits per heavy atom. The number of hydrogen-bond acceptors (Lipinski definition) is 22. The second-order valence-electron chi connectivity index (χ2n) is 21.3. The van der Waals surface area contributed by atoms with E-state index in [9.17, 15) is 38.4 Å². The molecular weight excluding hydrogens is 1350 g/mol. The van der Waals surface area contributed by atoms with E-state index in [0.29, 0.717) is 79.4 Å². The van der Waals surface area contributed by atoms with Crippen molar-refractivity contribution in [2.24, 2.45) is 0 Å². The third-order valence-corrected chi connectivity index (χ3v) is 21.4. The van der Waals surface area contributed by atoms with Crippen molar-refractivity contribution < 1.29 is 57.3 Å². The molecule has 4 heterocycles. The number of benzene rings is 4. The molecule has 22 nitrogen and oxygen atoms in total. The highest BCUT2D eigenvalue weighted by atomic mass is 32.2. The molecule has 0 bridgehead atoms. The molecule has 93 heavy (non-hydrogen) atoms. The highest BCUT2D eigenvalue weighted by Gasteiger charge is 2.34. The van der Waals surface area contributed by atoms with Crippen LogP contribution in [0.2, 0.25) is 0 Å². The van der Waals surface area contributed by atoms with Crippen LogP contribution in [-0.4, -0.2) is 237 Å². The molecule has 4 saturated heterocycles. The number of amides is 8. The quantitative estimate of drug-likeness (QED) is 0.0288. The van der Waals surface area contributed by atoms with Crippen molar-refractivity contribution in [2.75, 3.05) is 137 Å². The molecule has 0 saturated carbocycles. The molecule has 8 rings (SSSR count). The maximum absolute atomic E-state index is 14.3. The van der Waals surface area contributed by atoms with Gasteiger partial charge in [-0.3, -0.25) is 67.8 Å². The molecule has 0 radical (unpaired) electrons. The summed E-state index contributed by atoms with van der Waals surface area (Å²) in [5, 5.41) is 12.2. The van der Waals surface area contributed by atoms with Crippen molar-refractivity contribution in [3.05, 3.63) is 117 Å². The number of nitrogens with zero attached hydrogens (tertiary/aromatic N) is 6. The average Bonchev–Trinajstić information content (AvgIpc) is 1.90. The molecule has 4 aliphatic rings. The molecule has 1 atom stereocenters. The Balaban J connectivity index is 1.07. The van der Waals surface area contributed by atoms with Crippen molar-refractivity contribution >= 4 is 160 Å². The molecule has 8 amide bonds. The predicted molar refractivity (Wildman–Crippen MR) is 382 cm³/mol. The van der Waals surface area contributed by atoms with Crippen LogP contribution in [0.3, 0.4) is 0 Å². The van der Waals surface area contributed by atoms with Crippen LogP contribution in [0.25, 0.3) is 0 Å². The summed E-state index contributed by atoms with van der Waals surface area (Å²) in [6.45, 7) is 5.56. The molecule has 0 aliphatic carbocycles. The van der Waals surface area contributed by atoms with Gasteiger partial charge in [0.2, 0.25) is 0 Å². The Labute approximate surface area is 579 Å². The Bertz CT molecular complexity index is 3310. The Morgan fingerprint density at radius 3 is 0.946 bits per heavy atom. The maximum atomic E-state index is 14.3. The lowest BCUT2D eigenvalue weighted by Gasteiger charge is -2.36. The molecule has 0 spiro atoms. The number of methoxy groups -OCH3 is 4. The van der Waals surface area contributed by atoms with Crippen LogP contribution < -0.4 is 40.2 Å². The van der Waals surface area contributed by atoms with Gasteiger partial charge in [0.05, 0.1) is 72.9 Å². The van der Waals surface area contributed by atoms with E-state index in [1.165, 1.54) is 95.1 Å². The summed E-state index contributed by atoms with van der Waals surface area (Å²) < 4.78 is 24.7. The first-order valence-electron chi connectivity index (χ1n) is 30.2. The van der Waals surface area contributed by atoms with Crippen LogP contribution in [0.1, 0.15) is 115 Å². The summed E-state index contributed by atoms with van der Waals surface area (Å²) in [5.41, 5.74) is 1.33. The van der Waals surface area contributed by atoms with Crippen molar-refractivity contribution in [1.29, 1.82) is 0 Å². The van der Waals surface area contributed by atoms with Crippen molar-refractivity contribution in [3.8, 4) is 23.0 Å². The summed E-state index contributed by atoms with van der Waals surface area (Å²) in [5.74, 6) is -0.449. The highest BCUT2D eigenvalue weighted by molar-refractivity contribution is 8.24. The van der Waals surface area contributed by atoms with E-state index in [-0.39, 0.29) is 150 Å². The normalized spacial score (nSPS) is 15.0. The number of carbonyl (C=O) groups excluding carboxylic acids is 8. The second kappa shape index (κ2) is 35.3. The summed E-state index contributed by atoms with van der Waals surface area (Å²) >= 11 is 27.4. The second-order valence-corrected chi connectivity index (χ2v) is 28.3. The fourth-order valence-corrected chi connectivity index (χ4v) is 15.9. The number of thioether (sulfide) groups is 4. The van der Waals surface area contributed by atoms with Gasteiger partial charge in [0.25, 0.3) is 47.3 Å². The van der Waals surface area contributed by atoms with Crippen molar-refractivity contribution in [1.82, 2.24) is 50.7 Å². The molecule has 4 aromatic carbocycles. The van der Waals surface area contributed by atoms with E-state index in [2.05, 4.69) is 38.0 Å². The van der Waals surface area contributed by atoms with Crippen LogP contribution in [0, 0.1) is 0 Å². The average molecular weight is 1420 g/mol. The molecule has 4 fully saturated rings.